The number of aliphatic hydroxyl groups excluding tert-OH is 1. The molecule has 6 nitrogen and oxygen atoms in total. The number of rotatable bonds is 3. The fraction of sp³-hybridized carbons (Fsp3) is 0.846. The van der Waals surface area contributed by atoms with Crippen molar-refractivity contribution in [2.75, 3.05) is 19.7 Å². The zero-order valence-electron chi connectivity index (χ0n) is 11.8. The zero-order chi connectivity index (χ0) is 14.6. The minimum atomic E-state index is -1.03. The van der Waals surface area contributed by atoms with Crippen LogP contribution < -0.4 is 5.32 Å². The lowest BCUT2D eigenvalue weighted by molar-refractivity contribution is -0.142. The highest BCUT2D eigenvalue weighted by molar-refractivity contribution is 5.83. The summed E-state index contributed by atoms with van der Waals surface area (Å²) in [7, 11) is 0. The molecule has 110 valence electrons. The number of carboxylic acids is 1. The summed E-state index contributed by atoms with van der Waals surface area (Å²) in [5, 5.41) is 20.9. The first-order chi connectivity index (χ1) is 8.75. The average molecular weight is 272 g/mol. The second kappa shape index (κ2) is 6.23. The lowest BCUT2D eigenvalue weighted by Gasteiger charge is -2.35. The number of carbonyl (C=O) groups excluding carboxylic acids is 1. The number of amides is 2. The van der Waals surface area contributed by atoms with Gasteiger partial charge in [0.1, 0.15) is 6.04 Å². The van der Waals surface area contributed by atoms with E-state index in [-0.39, 0.29) is 18.6 Å². The predicted molar refractivity (Wildman–Crippen MR) is 70.8 cm³/mol. The van der Waals surface area contributed by atoms with Crippen LogP contribution in [0.3, 0.4) is 0 Å². The normalized spacial score (nSPS) is 21.9. The van der Waals surface area contributed by atoms with Crippen molar-refractivity contribution in [2.45, 2.75) is 39.7 Å². The molecule has 1 aliphatic heterocycles. The van der Waals surface area contributed by atoms with Gasteiger partial charge in [0, 0.05) is 19.7 Å². The van der Waals surface area contributed by atoms with Crippen LogP contribution in [0, 0.1) is 11.3 Å². The third kappa shape index (κ3) is 4.38. The lowest BCUT2D eigenvalue weighted by atomic mass is 9.87. The van der Waals surface area contributed by atoms with Crippen molar-refractivity contribution < 1.29 is 19.8 Å². The van der Waals surface area contributed by atoms with E-state index in [0.29, 0.717) is 13.1 Å². The van der Waals surface area contributed by atoms with E-state index in [2.05, 4.69) is 5.32 Å². The Hall–Kier alpha value is -1.30. The van der Waals surface area contributed by atoms with Crippen molar-refractivity contribution in [3.8, 4) is 0 Å². The van der Waals surface area contributed by atoms with Gasteiger partial charge in [-0.1, -0.05) is 20.8 Å². The summed E-state index contributed by atoms with van der Waals surface area (Å²) in [6.45, 7) is 6.49. The van der Waals surface area contributed by atoms with Crippen LogP contribution in [-0.4, -0.2) is 52.9 Å². The highest BCUT2D eigenvalue weighted by atomic mass is 16.4. The average Bonchev–Trinajstić information content (AvgIpc) is 2.33. The van der Waals surface area contributed by atoms with Gasteiger partial charge < -0.3 is 20.4 Å². The molecule has 6 heteroatoms. The van der Waals surface area contributed by atoms with Gasteiger partial charge in [-0.25, -0.2) is 9.59 Å². The van der Waals surface area contributed by atoms with Gasteiger partial charge in [0.15, 0.2) is 0 Å². The predicted octanol–water partition coefficient (Wildman–Crippen LogP) is 0.900. The van der Waals surface area contributed by atoms with Crippen LogP contribution >= 0.6 is 0 Å². The Morgan fingerprint density at radius 1 is 1.42 bits per heavy atom. The van der Waals surface area contributed by atoms with Crippen molar-refractivity contribution in [3.05, 3.63) is 0 Å². The van der Waals surface area contributed by atoms with E-state index in [4.69, 9.17) is 5.11 Å². The van der Waals surface area contributed by atoms with Gasteiger partial charge in [-0.3, -0.25) is 0 Å². The Labute approximate surface area is 113 Å². The maximum atomic E-state index is 12.1. The van der Waals surface area contributed by atoms with E-state index in [1.807, 2.05) is 0 Å². The standard InChI is InChI=1S/C13H24N2O4/c1-13(2,3)10(11(17)18)14-12(19)15-6-4-5-9(7-15)8-16/h9-10,16H,4-8H2,1-3H3,(H,14,19)(H,17,18)/t9?,10-/m0/s1. The van der Waals surface area contributed by atoms with Crippen molar-refractivity contribution in [1.82, 2.24) is 10.2 Å². The van der Waals surface area contributed by atoms with Crippen molar-refractivity contribution in [2.24, 2.45) is 11.3 Å². The number of aliphatic hydroxyl groups is 1. The highest BCUT2D eigenvalue weighted by Crippen LogP contribution is 2.21. The molecule has 1 heterocycles. The molecule has 0 aliphatic carbocycles. The summed E-state index contributed by atoms with van der Waals surface area (Å²) in [6.07, 6.45) is 1.74. The number of likely N-dealkylation sites (tertiary alicyclic amines) is 1. The molecular weight excluding hydrogens is 248 g/mol. The van der Waals surface area contributed by atoms with Crippen molar-refractivity contribution >= 4 is 12.0 Å². The molecule has 0 aromatic heterocycles. The molecule has 0 spiro atoms. The molecule has 2 amide bonds. The molecule has 1 rings (SSSR count). The molecule has 3 N–H and O–H groups in total. The SMILES string of the molecule is CC(C)(C)[C@@H](NC(=O)N1CCCC(CO)C1)C(=O)O. The van der Waals surface area contributed by atoms with Gasteiger partial charge in [-0.2, -0.15) is 0 Å². The molecule has 1 unspecified atom stereocenters. The Bertz CT molecular complexity index is 338. The molecule has 2 atom stereocenters. The Balaban J connectivity index is 2.64. The Kier molecular flexibility index (Phi) is 5.17. The molecule has 0 bridgehead atoms. The fourth-order valence-electron chi connectivity index (χ4n) is 2.26. The molecule has 1 aliphatic rings. The largest absolute Gasteiger partial charge is 0.480 e. The molecule has 1 saturated heterocycles. The van der Waals surface area contributed by atoms with E-state index in [1.54, 1.807) is 25.7 Å². The number of hydrogen-bond acceptors (Lipinski definition) is 3. The first kappa shape index (κ1) is 15.8. The number of nitrogens with one attached hydrogen (secondary N) is 1. The third-order valence-corrected chi connectivity index (χ3v) is 3.45. The maximum Gasteiger partial charge on any atom is 0.326 e. The fourth-order valence-corrected chi connectivity index (χ4v) is 2.26. The molecule has 19 heavy (non-hydrogen) atoms. The number of nitrogens with zero attached hydrogens (tertiary/aromatic N) is 1. The van der Waals surface area contributed by atoms with Crippen LogP contribution in [-0.2, 0) is 4.79 Å². The quantitative estimate of drug-likeness (QED) is 0.712. The van der Waals surface area contributed by atoms with Crippen molar-refractivity contribution in [3.63, 3.8) is 0 Å². The van der Waals surface area contributed by atoms with Crippen LogP contribution in [0.5, 0.6) is 0 Å². The third-order valence-electron chi connectivity index (χ3n) is 3.45. The molecule has 0 radical (unpaired) electrons. The van der Waals surface area contributed by atoms with Crippen molar-refractivity contribution in [1.29, 1.82) is 0 Å². The van der Waals surface area contributed by atoms with E-state index >= 15 is 0 Å². The zero-order valence-corrected chi connectivity index (χ0v) is 11.8. The monoisotopic (exact) mass is 272 g/mol. The molecule has 0 aromatic rings. The van der Waals surface area contributed by atoms with E-state index in [1.165, 1.54) is 0 Å². The summed E-state index contributed by atoms with van der Waals surface area (Å²) >= 11 is 0. The first-order valence-corrected chi connectivity index (χ1v) is 6.64. The van der Waals surface area contributed by atoms with Gasteiger partial charge in [0.25, 0.3) is 0 Å². The van der Waals surface area contributed by atoms with E-state index in [0.717, 1.165) is 12.8 Å². The van der Waals surface area contributed by atoms with Gasteiger partial charge >= 0.3 is 12.0 Å². The Morgan fingerprint density at radius 3 is 2.53 bits per heavy atom. The summed E-state index contributed by atoms with van der Waals surface area (Å²) in [5.74, 6) is -0.936. The molecule has 0 aromatic carbocycles. The van der Waals surface area contributed by atoms with Gasteiger partial charge in [0.2, 0.25) is 0 Å². The summed E-state index contributed by atoms with van der Waals surface area (Å²) in [4.78, 5) is 24.9. The minimum Gasteiger partial charge on any atom is -0.480 e. The number of aliphatic carboxylic acids is 1. The number of carboxylic acid groups (broad SMARTS) is 1. The first-order valence-electron chi connectivity index (χ1n) is 6.64. The highest BCUT2D eigenvalue weighted by Gasteiger charge is 2.34. The number of piperidine rings is 1. The molecular formula is C13H24N2O4. The molecule has 1 fully saturated rings. The number of hydrogen-bond donors (Lipinski definition) is 3. The summed E-state index contributed by atoms with van der Waals surface area (Å²) in [6, 6.07) is -1.28. The summed E-state index contributed by atoms with van der Waals surface area (Å²) < 4.78 is 0. The Morgan fingerprint density at radius 2 is 2.05 bits per heavy atom. The number of carbonyl (C=O) groups is 2. The van der Waals surface area contributed by atoms with Crippen LogP contribution in [0.2, 0.25) is 0 Å². The smallest absolute Gasteiger partial charge is 0.326 e. The second-order valence-corrected chi connectivity index (χ2v) is 6.22. The van der Waals surface area contributed by atoms with Crippen LogP contribution in [0.25, 0.3) is 0 Å². The molecule has 0 saturated carbocycles. The van der Waals surface area contributed by atoms with Crippen LogP contribution in [0.1, 0.15) is 33.6 Å². The lowest BCUT2D eigenvalue weighted by Crippen LogP contribution is -2.55. The van der Waals surface area contributed by atoms with Crippen LogP contribution in [0.15, 0.2) is 0 Å². The second-order valence-electron chi connectivity index (χ2n) is 6.22. The van der Waals surface area contributed by atoms with E-state index in [9.17, 15) is 14.7 Å². The minimum absolute atomic E-state index is 0.0609. The van der Waals surface area contributed by atoms with Gasteiger partial charge in [0.05, 0.1) is 0 Å². The van der Waals surface area contributed by atoms with E-state index < -0.39 is 17.4 Å². The number of urea groups is 1. The summed E-state index contributed by atoms with van der Waals surface area (Å²) in [5.41, 5.74) is -0.548. The topological polar surface area (TPSA) is 89.9 Å². The maximum absolute atomic E-state index is 12.1. The van der Waals surface area contributed by atoms with Gasteiger partial charge in [-0.05, 0) is 24.2 Å². The van der Waals surface area contributed by atoms with Gasteiger partial charge in [-0.15, -0.1) is 0 Å². The van der Waals surface area contributed by atoms with Crippen LogP contribution in [0.4, 0.5) is 4.79 Å².